The molecule has 1 saturated carbocycles. The summed E-state index contributed by atoms with van der Waals surface area (Å²) in [6.07, 6.45) is 4.11. The van der Waals surface area contributed by atoms with Crippen LogP contribution in [0.1, 0.15) is 59.9 Å². The van der Waals surface area contributed by atoms with Gasteiger partial charge in [-0.25, -0.2) is 0 Å². The Morgan fingerprint density at radius 3 is 1.67 bits per heavy atom. The van der Waals surface area contributed by atoms with Crippen LogP contribution in [-0.2, 0) is 6.42 Å². The summed E-state index contributed by atoms with van der Waals surface area (Å²) in [5.74, 6) is 1.05. The molecule has 0 nitrogen and oxygen atoms in total. The summed E-state index contributed by atoms with van der Waals surface area (Å²) < 4.78 is 0. The molecule has 1 fully saturated rings. The van der Waals surface area contributed by atoms with E-state index in [0.717, 1.165) is 12.3 Å². The molecule has 0 bridgehead atoms. The minimum atomic E-state index is 0.404. The van der Waals surface area contributed by atoms with Gasteiger partial charge in [0.2, 0.25) is 0 Å². The summed E-state index contributed by atoms with van der Waals surface area (Å²) in [6, 6.07) is 10.6. The third-order valence-corrected chi connectivity index (χ3v) is 3.38. The molecule has 0 atom stereocenters. The monoisotopic (exact) mass is 246 g/mol. The van der Waals surface area contributed by atoms with Gasteiger partial charge in [0.05, 0.1) is 0 Å². The molecule has 102 valence electrons. The third-order valence-electron chi connectivity index (χ3n) is 3.38. The minimum absolute atomic E-state index is 0.404. The van der Waals surface area contributed by atoms with E-state index in [1.165, 1.54) is 18.4 Å². The van der Waals surface area contributed by atoms with E-state index < -0.39 is 0 Å². The highest BCUT2D eigenvalue weighted by atomic mass is 14.4. The van der Waals surface area contributed by atoms with Crippen molar-refractivity contribution in [3.63, 3.8) is 0 Å². The molecule has 0 amide bonds. The van der Waals surface area contributed by atoms with Crippen LogP contribution in [0.4, 0.5) is 0 Å². The zero-order valence-electron chi connectivity index (χ0n) is 13.1. The smallest absolute Gasteiger partial charge is 0.0230 e. The fourth-order valence-corrected chi connectivity index (χ4v) is 2.16. The average molecular weight is 246 g/mol. The molecule has 2 rings (SSSR count). The predicted octanol–water partition coefficient (Wildman–Crippen LogP) is 5.72. The first kappa shape index (κ1) is 15.3. The van der Waals surface area contributed by atoms with E-state index in [-0.39, 0.29) is 0 Å². The fourth-order valence-electron chi connectivity index (χ4n) is 2.16. The Hall–Kier alpha value is -0.780. The maximum atomic E-state index is 2.32. The van der Waals surface area contributed by atoms with Crippen molar-refractivity contribution in [1.82, 2.24) is 0 Å². The molecule has 1 aliphatic carbocycles. The van der Waals surface area contributed by atoms with Crippen molar-refractivity contribution in [2.24, 2.45) is 16.7 Å². The molecular weight excluding hydrogens is 216 g/mol. The molecule has 0 unspecified atom stereocenters. The first-order valence-corrected chi connectivity index (χ1v) is 7.22. The first-order valence-electron chi connectivity index (χ1n) is 7.22. The molecule has 0 aliphatic heterocycles. The number of rotatable bonds is 1. The zero-order chi connectivity index (χ0) is 13.8. The second-order valence-electron chi connectivity index (χ2n) is 7.86. The van der Waals surface area contributed by atoms with Gasteiger partial charge in [0, 0.05) is 0 Å². The van der Waals surface area contributed by atoms with E-state index in [9.17, 15) is 0 Å². The Morgan fingerprint density at radius 1 is 0.889 bits per heavy atom. The highest BCUT2D eigenvalue weighted by molar-refractivity contribution is 5.15. The van der Waals surface area contributed by atoms with E-state index in [1.807, 2.05) is 0 Å². The molecule has 0 saturated heterocycles. The fraction of sp³-hybridized carbons (Fsp3) is 0.667. The lowest BCUT2D eigenvalue weighted by Gasteiger charge is -2.17. The predicted molar refractivity (Wildman–Crippen MR) is 81.8 cm³/mol. The largest absolute Gasteiger partial charge is 0.0622 e. The Kier molecular flexibility index (Phi) is 5.01. The SMILES string of the molecule is CC(C)(C)C1CC1.CC(C)(C)Cc1ccccc1. The van der Waals surface area contributed by atoms with Crippen molar-refractivity contribution in [3.8, 4) is 0 Å². The Balaban J connectivity index is 0.000000199. The van der Waals surface area contributed by atoms with E-state index in [1.54, 1.807) is 0 Å². The lowest BCUT2D eigenvalue weighted by atomic mass is 9.88. The second-order valence-corrected chi connectivity index (χ2v) is 7.86. The van der Waals surface area contributed by atoms with Crippen molar-refractivity contribution in [2.45, 2.75) is 60.8 Å². The lowest BCUT2D eigenvalue weighted by molar-refractivity contribution is 0.351. The maximum absolute atomic E-state index is 2.32. The molecule has 0 N–H and O–H groups in total. The highest BCUT2D eigenvalue weighted by Gasteiger charge is 2.33. The quantitative estimate of drug-likeness (QED) is 0.594. The number of hydrogen-bond acceptors (Lipinski definition) is 0. The van der Waals surface area contributed by atoms with Crippen LogP contribution in [-0.4, -0.2) is 0 Å². The lowest BCUT2D eigenvalue weighted by Crippen LogP contribution is -2.08. The van der Waals surface area contributed by atoms with Crippen molar-refractivity contribution < 1.29 is 0 Å². The molecule has 1 aliphatic rings. The molecule has 0 heteroatoms. The molecular formula is C18H30. The summed E-state index contributed by atoms with van der Waals surface area (Å²) in [5, 5.41) is 0. The number of benzene rings is 1. The van der Waals surface area contributed by atoms with Crippen LogP contribution in [0.3, 0.4) is 0 Å². The topological polar surface area (TPSA) is 0 Å². The highest BCUT2D eigenvalue weighted by Crippen LogP contribution is 2.44. The second kappa shape index (κ2) is 5.91. The summed E-state index contributed by atoms with van der Waals surface area (Å²) >= 11 is 0. The average Bonchev–Trinajstić information content (AvgIpc) is 2.98. The van der Waals surface area contributed by atoms with E-state index in [4.69, 9.17) is 0 Å². The van der Waals surface area contributed by atoms with Gasteiger partial charge in [0.15, 0.2) is 0 Å². The molecule has 0 radical (unpaired) electrons. The van der Waals surface area contributed by atoms with Crippen LogP contribution >= 0.6 is 0 Å². The Morgan fingerprint density at radius 2 is 1.39 bits per heavy atom. The molecule has 0 aromatic heterocycles. The van der Waals surface area contributed by atoms with E-state index in [2.05, 4.69) is 71.9 Å². The van der Waals surface area contributed by atoms with Gasteiger partial charge in [-0.05, 0) is 41.6 Å². The van der Waals surface area contributed by atoms with Crippen LogP contribution in [0.5, 0.6) is 0 Å². The van der Waals surface area contributed by atoms with E-state index in [0.29, 0.717) is 10.8 Å². The molecule has 1 aromatic carbocycles. The maximum Gasteiger partial charge on any atom is -0.0230 e. The normalized spacial score (nSPS) is 15.9. The van der Waals surface area contributed by atoms with Gasteiger partial charge >= 0.3 is 0 Å². The van der Waals surface area contributed by atoms with Crippen molar-refractivity contribution in [2.75, 3.05) is 0 Å². The van der Waals surface area contributed by atoms with E-state index >= 15 is 0 Å². The first-order chi connectivity index (χ1) is 8.18. The van der Waals surface area contributed by atoms with Crippen LogP contribution in [0, 0.1) is 16.7 Å². The van der Waals surface area contributed by atoms with Crippen LogP contribution < -0.4 is 0 Å². The van der Waals surface area contributed by atoms with Gasteiger partial charge < -0.3 is 0 Å². The number of hydrogen-bond donors (Lipinski definition) is 0. The van der Waals surface area contributed by atoms with Crippen molar-refractivity contribution in [1.29, 1.82) is 0 Å². The van der Waals surface area contributed by atoms with Crippen molar-refractivity contribution >= 4 is 0 Å². The molecule has 0 heterocycles. The van der Waals surface area contributed by atoms with Gasteiger partial charge in [-0.2, -0.15) is 0 Å². The van der Waals surface area contributed by atoms with Crippen LogP contribution in [0.15, 0.2) is 30.3 Å². The van der Waals surface area contributed by atoms with Crippen LogP contribution in [0.25, 0.3) is 0 Å². The minimum Gasteiger partial charge on any atom is -0.0622 e. The summed E-state index contributed by atoms with van der Waals surface area (Å²) in [7, 11) is 0. The van der Waals surface area contributed by atoms with Gasteiger partial charge in [-0.1, -0.05) is 71.9 Å². The van der Waals surface area contributed by atoms with Gasteiger partial charge in [-0.15, -0.1) is 0 Å². The summed E-state index contributed by atoms with van der Waals surface area (Å²) in [4.78, 5) is 0. The zero-order valence-corrected chi connectivity index (χ0v) is 13.1. The third kappa shape index (κ3) is 6.83. The summed E-state index contributed by atoms with van der Waals surface area (Å²) in [5.41, 5.74) is 2.45. The van der Waals surface area contributed by atoms with Gasteiger partial charge in [0.1, 0.15) is 0 Å². The van der Waals surface area contributed by atoms with Gasteiger partial charge in [0.25, 0.3) is 0 Å². The molecule has 1 aromatic rings. The molecule has 0 spiro atoms. The Bertz CT molecular complexity index is 331. The van der Waals surface area contributed by atoms with Gasteiger partial charge in [-0.3, -0.25) is 0 Å². The summed E-state index contributed by atoms with van der Waals surface area (Å²) in [6.45, 7) is 13.8. The Labute approximate surface area is 114 Å². The molecule has 18 heavy (non-hydrogen) atoms. The van der Waals surface area contributed by atoms with Crippen molar-refractivity contribution in [3.05, 3.63) is 35.9 Å². The standard InChI is InChI=1S/C11H16.C7H14/c1-11(2,3)9-10-7-5-4-6-8-10;1-7(2,3)6-4-5-6/h4-8H,9H2,1-3H3;6H,4-5H2,1-3H3. The van der Waals surface area contributed by atoms with Crippen LogP contribution in [0.2, 0.25) is 0 Å².